The number of hydrogen-bond donors (Lipinski definition) is 1. The lowest BCUT2D eigenvalue weighted by Gasteiger charge is -2.37. The normalized spacial score (nSPS) is 15.9. The van der Waals surface area contributed by atoms with Crippen molar-refractivity contribution in [2.75, 3.05) is 38.1 Å². The van der Waals surface area contributed by atoms with E-state index >= 15 is 0 Å². The van der Waals surface area contributed by atoms with Crippen LogP contribution in [0.3, 0.4) is 0 Å². The molecule has 2 aromatic rings. The molecule has 2 heterocycles. The molecule has 7 nitrogen and oxygen atoms in total. The number of aromatic nitrogens is 3. The molecule has 1 saturated heterocycles. The van der Waals surface area contributed by atoms with E-state index in [1.807, 2.05) is 23.4 Å². The van der Waals surface area contributed by atoms with Gasteiger partial charge in [-0.05, 0) is 25.1 Å². The number of halogens is 3. The molecule has 1 aliphatic rings. The molecule has 0 unspecified atom stereocenters. The quantitative estimate of drug-likeness (QED) is 0.637. The van der Waals surface area contributed by atoms with Crippen molar-refractivity contribution in [3.05, 3.63) is 41.5 Å². The average molecular weight is 395 g/mol. The van der Waals surface area contributed by atoms with Crippen LogP contribution in [0.2, 0.25) is 0 Å². The first-order valence-electron chi connectivity index (χ1n) is 9.02. The van der Waals surface area contributed by atoms with Gasteiger partial charge in [-0.2, -0.15) is 13.2 Å². The van der Waals surface area contributed by atoms with Crippen molar-refractivity contribution in [3.63, 3.8) is 0 Å². The third-order valence-corrected chi connectivity index (χ3v) is 4.92. The maximum absolute atomic E-state index is 12.9. The van der Waals surface area contributed by atoms with E-state index in [1.165, 1.54) is 12.1 Å². The van der Waals surface area contributed by atoms with E-state index in [2.05, 4.69) is 25.4 Å². The van der Waals surface area contributed by atoms with Gasteiger partial charge in [-0.25, -0.2) is 0 Å². The van der Waals surface area contributed by atoms with Gasteiger partial charge in [-0.1, -0.05) is 6.07 Å². The van der Waals surface area contributed by atoms with Gasteiger partial charge in [0, 0.05) is 46.0 Å². The van der Waals surface area contributed by atoms with Crippen molar-refractivity contribution in [3.8, 4) is 0 Å². The maximum atomic E-state index is 12.9. The van der Waals surface area contributed by atoms with E-state index in [0.29, 0.717) is 38.4 Å². The molecule has 3 rings (SSSR count). The summed E-state index contributed by atoms with van der Waals surface area (Å²) in [6.45, 7) is 4.94. The van der Waals surface area contributed by atoms with Crippen LogP contribution in [-0.4, -0.2) is 58.9 Å². The molecule has 0 radical (unpaired) electrons. The Hall–Kier alpha value is -2.78. The van der Waals surface area contributed by atoms with Gasteiger partial charge in [0.25, 0.3) is 0 Å². The van der Waals surface area contributed by atoms with Crippen molar-refractivity contribution in [2.24, 2.45) is 12.0 Å². The van der Waals surface area contributed by atoms with Crippen molar-refractivity contribution in [2.45, 2.75) is 19.6 Å². The van der Waals surface area contributed by atoms with Crippen LogP contribution >= 0.6 is 0 Å². The number of rotatable bonds is 3. The van der Waals surface area contributed by atoms with Gasteiger partial charge in [0.05, 0.1) is 12.1 Å². The number of piperazine rings is 1. The summed E-state index contributed by atoms with van der Waals surface area (Å²) in [5, 5.41) is 11.4. The fourth-order valence-electron chi connectivity index (χ4n) is 3.15. The van der Waals surface area contributed by atoms with Crippen molar-refractivity contribution in [1.82, 2.24) is 25.0 Å². The Bertz CT molecular complexity index is 836. The summed E-state index contributed by atoms with van der Waals surface area (Å²) >= 11 is 0. The monoisotopic (exact) mass is 395 g/mol. The van der Waals surface area contributed by atoms with E-state index in [4.69, 9.17) is 0 Å². The van der Waals surface area contributed by atoms with Crippen molar-refractivity contribution >= 4 is 11.6 Å². The molecule has 0 bridgehead atoms. The molecular weight excluding hydrogens is 371 g/mol. The second kappa shape index (κ2) is 8.07. The molecule has 1 fully saturated rings. The summed E-state index contributed by atoms with van der Waals surface area (Å²) in [7, 11) is 3.62. The fraction of sp³-hybridized carbons (Fsp3) is 0.500. The highest BCUT2D eigenvalue weighted by atomic mass is 19.4. The van der Waals surface area contributed by atoms with Crippen LogP contribution in [0.15, 0.2) is 29.3 Å². The smallest absolute Gasteiger partial charge is 0.368 e. The largest absolute Gasteiger partial charge is 0.416 e. The van der Waals surface area contributed by atoms with Crippen molar-refractivity contribution < 1.29 is 13.2 Å². The predicted octanol–water partition coefficient (Wildman–Crippen LogP) is 2.04. The number of benzene rings is 1. The summed E-state index contributed by atoms with van der Waals surface area (Å²) in [6.07, 6.45) is -4.33. The standard InChI is InChI=1S/C18H24F3N7/c1-13-24-25-16(26(13)3)12-23-17(22-2)28-9-7-27(8-10-28)15-6-4-5-14(11-15)18(19,20)21/h4-6,11H,7-10,12H2,1-3H3,(H,22,23). The van der Waals surface area contributed by atoms with E-state index in [0.717, 1.165) is 23.7 Å². The minimum absolute atomic E-state index is 0.498. The van der Waals surface area contributed by atoms with Crippen molar-refractivity contribution in [1.29, 1.82) is 0 Å². The van der Waals surface area contributed by atoms with Crippen LogP contribution in [-0.2, 0) is 19.8 Å². The zero-order valence-electron chi connectivity index (χ0n) is 16.2. The molecule has 0 atom stereocenters. The molecule has 0 saturated carbocycles. The minimum atomic E-state index is -4.33. The number of guanidine groups is 1. The Labute approximate surface area is 161 Å². The molecule has 1 N–H and O–H groups in total. The molecule has 1 aromatic heterocycles. The highest BCUT2D eigenvalue weighted by Gasteiger charge is 2.31. The van der Waals surface area contributed by atoms with Crippen LogP contribution < -0.4 is 10.2 Å². The zero-order valence-corrected chi connectivity index (χ0v) is 16.2. The fourth-order valence-corrected chi connectivity index (χ4v) is 3.15. The van der Waals surface area contributed by atoms with Crippen LogP contribution in [0.4, 0.5) is 18.9 Å². The van der Waals surface area contributed by atoms with Gasteiger partial charge in [-0.3, -0.25) is 4.99 Å². The zero-order chi connectivity index (χ0) is 20.3. The number of aliphatic imine (C=N–C) groups is 1. The molecule has 1 aromatic carbocycles. The Morgan fingerprint density at radius 2 is 1.89 bits per heavy atom. The SMILES string of the molecule is CN=C(NCc1nnc(C)n1C)N1CCN(c2cccc(C(F)(F)F)c2)CC1. The van der Waals surface area contributed by atoms with Gasteiger partial charge < -0.3 is 19.7 Å². The third kappa shape index (κ3) is 4.37. The molecular formula is C18H24F3N7. The number of nitrogens with one attached hydrogen (secondary N) is 1. The molecule has 10 heteroatoms. The summed E-state index contributed by atoms with van der Waals surface area (Å²) in [5.41, 5.74) is -0.0316. The first kappa shape index (κ1) is 20.0. The summed E-state index contributed by atoms with van der Waals surface area (Å²) in [4.78, 5) is 8.37. The van der Waals surface area contributed by atoms with Crippen LogP contribution in [0, 0.1) is 6.92 Å². The summed E-state index contributed by atoms with van der Waals surface area (Å²) in [6, 6.07) is 5.47. The Morgan fingerprint density at radius 1 is 1.18 bits per heavy atom. The molecule has 0 spiro atoms. The molecule has 0 aliphatic carbocycles. The number of anilines is 1. The second-order valence-electron chi connectivity index (χ2n) is 6.65. The van der Waals surface area contributed by atoms with Gasteiger partial charge in [0.2, 0.25) is 0 Å². The number of hydrogen-bond acceptors (Lipinski definition) is 4. The molecule has 0 amide bonds. The topological polar surface area (TPSA) is 61.6 Å². The van der Waals surface area contributed by atoms with Gasteiger partial charge in [-0.15, -0.1) is 10.2 Å². The highest BCUT2D eigenvalue weighted by molar-refractivity contribution is 5.80. The predicted molar refractivity (Wildman–Crippen MR) is 101 cm³/mol. The molecule has 1 aliphatic heterocycles. The lowest BCUT2D eigenvalue weighted by atomic mass is 10.1. The summed E-state index contributed by atoms with van der Waals surface area (Å²) < 4.78 is 40.7. The highest BCUT2D eigenvalue weighted by Crippen LogP contribution is 2.31. The van der Waals surface area contributed by atoms with Crippen LogP contribution in [0.5, 0.6) is 0 Å². The summed E-state index contributed by atoms with van der Waals surface area (Å²) in [5.74, 6) is 2.38. The molecule has 28 heavy (non-hydrogen) atoms. The van der Waals surface area contributed by atoms with Gasteiger partial charge in [0.1, 0.15) is 5.82 Å². The lowest BCUT2D eigenvalue weighted by Crippen LogP contribution is -2.52. The van der Waals surface area contributed by atoms with Crippen LogP contribution in [0.25, 0.3) is 0 Å². The Morgan fingerprint density at radius 3 is 2.46 bits per heavy atom. The van der Waals surface area contributed by atoms with E-state index in [-0.39, 0.29) is 0 Å². The average Bonchev–Trinajstić information content (AvgIpc) is 3.00. The van der Waals surface area contributed by atoms with Crippen LogP contribution in [0.1, 0.15) is 17.2 Å². The van der Waals surface area contributed by atoms with Gasteiger partial charge in [0.15, 0.2) is 11.8 Å². The number of alkyl halides is 3. The van der Waals surface area contributed by atoms with E-state index < -0.39 is 11.7 Å². The minimum Gasteiger partial charge on any atom is -0.368 e. The Kier molecular flexibility index (Phi) is 5.76. The first-order valence-corrected chi connectivity index (χ1v) is 9.02. The van der Waals surface area contributed by atoms with E-state index in [1.54, 1.807) is 13.1 Å². The maximum Gasteiger partial charge on any atom is 0.416 e. The third-order valence-electron chi connectivity index (χ3n) is 4.92. The molecule has 152 valence electrons. The van der Waals surface area contributed by atoms with E-state index in [9.17, 15) is 13.2 Å². The second-order valence-corrected chi connectivity index (χ2v) is 6.65. The lowest BCUT2D eigenvalue weighted by molar-refractivity contribution is -0.137. The first-order chi connectivity index (χ1) is 13.3. The number of aryl methyl sites for hydroxylation is 1. The Balaban J connectivity index is 1.59. The van der Waals surface area contributed by atoms with Gasteiger partial charge >= 0.3 is 6.18 Å². The number of nitrogens with zero attached hydrogens (tertiary/aromatic N) is 6.